The summed E-state index contributed by atoms with van der Waals surface area (Å²) in [6.07, 6.45) is 0. The van der Waals surface area contributed by atoms with Gasteiger partial charge in [-0.25, -0.2) is 0 Å². The number of nitrogens with two attached hydrogens (primary N) is 2. The van der Waals surface area contributed by atoms with Crippen molar-refractivity contribution in [2.45, 2.75) is 0 Å². The maximum absolute atomic E-state index is 5.18. The minimum atomic E-state index is 0.332. The van der Waals surface area contributed by atoms with Gasteiger partial charge in [0.25, 0.3) is 0 Å². The van der Waals surface area contributed by atoms with Crippen LogP contribution in [-0.4, -0.2) is 6.67 Å². The average Bonchev–Trinajstić information content (AvgIpc) is 1.63. The Labute approximate surface area is 54.6 Å². The topological polar surface area (TPSA) is 76.1 Å². The van der Waals surface area contributed by atoms with E-state index in [0.717, 1.165) is 0 Å². The molecular formula is C5H12N4. The molecule has 0 rings (SSSR count). The van der Waals surface area contributed by atoms with Crippen molar-refractivity contribution in [3.63, 3.8) is 0 Å². The number of rotatable bonds is 4. The first-order chi connectivity index (χ1) is 4.16. The van der Waals surface area contributed by atoms with E-state index >= 15 is 0 Å². The lowest BCUT2D eigenvalue weighted by atomic mass is 10.7. The van der Waals surface area contributed by atoms with E-state index in [1.54, 1.807) is 0 Å². The predicted molar refractivity (Wildman–Crippen MR) is 37.8 cm³/mol. The van der Waals surface area contributed by atoms with Crippen molar-refractivity contribution in [2.75, 3.05) is 6.67 Å². The molecule has 0 fully saturated rings. The van der Waals surface area contributed by atoms with E-state index in [2.05, 4.69) is 23.8 Å². The normalized spacial score (nSPS) is 8.11. The van der Waals surface area contributed by atoms with Crippen molar-refractivity contribution in [1.82, 2.24) is 10.6 Å². The highest BCUT2D eigenvalue weighted by Gasteiger charge is 1.86. The second-order valence-electron chi connectivity index (χ2n) is 1.51. The highest BCUT2D eigenvalue weighted by Crippen LogP contribution is 1.75. The van der Waals surface area contributed by atoms with Crippen molar-refractivity contribution in [3.05, 3.63) is 24.8 Å². The fraction of sp³-hybridized carbons (Fsp3) is 0.200. The molecule has 0 atom stereocenters. The van der Waals surface area contributed by atoms with Gasteiger partial charge in [0, 0.05) is 0 Å². The SMILES string of the molecule is C=C(N)NC(=C)NCN. The van der Waals surface area contributed by atoms with E-state index in [1.165, 1.54) is 0 Å². The van der Waals surface area contributed by atoms with Crippen molar-refractivity contribution in [2.24, 2.45) is 11.5 Å². The fourth-order valence-electron chi connectivity index (χ4n) is 0.361. The quantitative estimate of drug-likeness (QED) is 0.366. The van der Waals surface area contributed by atoms with Crippen LogP contribution in [0.1, 0.15) is 0 Å². The van der Waals surface area contributed by atoms with Gasteiger partial charge in [-0.3, -0.25) is 0 Å². The number of hydrogen-bond donors (Lipinski definition) is 4. The molecule has 0 aromatic carbocycles. The Balaban J connectivity index is 3.39. The maximum atomic E-state index is 5.18. The van der Waals surface area contributed by atoms with E-state index in [1.807, 2.05) is 0 Å². The molecule has 0 spiro atoms. The molecule has 0 aliphatic carbocycles. The molecule has 0 aromatic heterocycles. The van der Waals surface area contributed by atoms with E-state index in [9.17, 15) is 0 Å². The largest absolute Gasteiger partial charge is 0.386 e. The molecule has 4 heteroatoms. The van der Waals surface area contributed by atoms with Crippen molar-refractivity contribution in [3.8, 4) is 0 Å². The van der Waals surface area contributed by atoms with E-state index in [4.69, 9.17) is 11.5 Å². The van der Waals surface area contributed by atoms with Gasteiger partial charge < -0.3 is 22.1 Å². The second-order valence-corrected chi connectivity index (χ2v) is 1.51. The molecule has 0 aliphatic rings. The summed E-state index contributed by atoms with van der Waals surface area (Å²) in [4.78, 5) is 0. The molecule has 0 radical (unpaired) electrons. The Morgan fingerprint density at radius 2 is 2.00 bits per heavy atom. The van der Waals surface area contributed by atoms with Gasteiger partial charge in [-0.15, -0.1) is 0 Å². The van der Waals surface area contributed by atoms with Gasteiger partial charge in [0.2, 0.25) is 0 Å². The Hall–Kier alpha value is -1.16. The van der Waals surface area contributed by atoms with Crippen molar-refractivity contribution < 1.29 is 0 Å². The summed E-state index contributed by atoms with van der Waals surface area (Å²) >= 11 is 0. The summed E-state index contributed by atoms with van der Waals surface area (Å²) in [6, 6.07) is 0. The van der Waals surface area contributed by atoms with Crippen LogP contribution in [0.5, 0.6) is 0 Å². The minimum Gasteiger partial charge on any atom is -0.386 e. The summed E-state index contributed by atoms with van der Waals surface area (Å²) in [6.45, 7) is 7.28. The highest BCUT2D eigenvalue weighted by atomic mass is 15.1. The first-order valence-corrected chi connectivity index (χ1v) is 2.51. The van der Waals surface area contributed by atoms with Gasteiger partial charge >= 0.3 is 0 Å². The smallest absolute Gasteiger partial charge is 0.0977 e. The molecule has 0 heterocycles. The van der Waals surface area contributed by atoms with Crippen LogP contribution in [0.2, 0.25) is 0 Å². The van der Waals surface area contributed by atoms with Gasteiger partial charge in [-0.2, -0.15) is 0 Å². The molecule has 0 saturated carbocycles. The number of hydrogen-bond acceptors (Lipinski definition) is 4. The Morgan fingerprint density at radius 1 is 1.44 bits per heavy atom. The average molecular weight is 128 g/mol. The predicted octanol–water partition coefficient (Wildman–Crippen LogP) is -1.02. The zero-order chi connectivity index (χ0) is 7.28. The Bertz CT molecular complexity index is 118. The van der Waals surface area contributed by atoms with Crippen LogP contribution in [0.25, 0.3) is 0 Å². The molecule has 9 heavy (non-hydrogen) atoms. The summed E-state index contributed by atoms with van der Waals surface area (Å²) in [7, 11) is 0. The van der Waals surface area contributed by atoms with Crippen LogP contribution in [0.15, 0.2) is 24.8 Å². The van der Waals surface area contributed by atoms with Gasteiger partial charge in [0.15, 0.2) is 0 Å². The van der Waals surface area contributed by atoms with Crippen LogP contribution in [0.3, 0.4) is 0 Å². The van der Waals surface area contributed by atoms with Gasteiger partial charge in [-0.05, 0) is 0 Å². The molecule has 52 valence electrons. The van der Waals surface area contributed by atoms with Gasteiger partial charge in [0.1, 0.15) is 0 Å². The molecule has 0 saturated heterocycles. The molecule has 0 amide bonds. The van der Waals surface area contributed by atoms with E-state index < -0.39 is 0 Å². The van der Waals surface area contributed by atoms with Crippen LogP contribution >= 0.6 is 0 Å². The standard InChI is InChI=1S/C5H12N4/c1-4(7)9-5(2)8-3-6/h8-9H,1-3,6-7H2. The maximum Gasteiger partial charge on any atom is 0.0977 e. The molecule has 0 unspecified atom stereocenters. The van der Waals surface area contributed by atoms with Gasteiger partial charge in [-0.1, -0.05) is 13.2 Å². The van der Waals surface area contributed by atoms with Crippen molar-refractivity contribution >= 4 is 0 Å². The summed E-state index contributed by atoms with van der Waals surface area (Å²) in [5, 5.41) is 5.35. The van der Waals surface area contributed by atoms with Crippen LogP contribution in [0.4, 0.5) is 0 Å². The van der Waals surface area contributed by atoms with Crippen molar-refractivity contribution in [1.29, 1.82) is 0 Å². The third-order valence-corrected chi connectivity index (χ3v) is 0.627. The monoisotopic (exact) mass is 128 g/mol. The zero-order valence-corrected chi connectivity index (χ0v) is 5.28. The first kappa shape index (κ1) is 7.84. The third kappa shape index (κ3) is 4.70. The first-order valence-electron chi connectivity index (χ1n) is 2.51. The van der Waals surface area contributed by atoms with E-state index in [-0.39, 0.29) is 0 Å². The van der Waals surface area contributed by atoms with E-state index in [0.29, 0.717) is 18.3 Å². The lowest BCUT2D eigenvalue weighted by Gasteiger charge is -2.08. The second kappa shape index (κ2) is 3.80. The lowest BCUT2D eigenvalue weighted by Crippen LogP contribution is -2.31. The summed E-state index contributed by atoms with van der Waals surface area (Å²) < 4.78 is 0. The molecule has 0 aliphatic heterocycles. The van der Waals surface area contributed by atoms with Crippen LogP contribution < -0.4 is 22.1 Å². The third-order valence-electron chi connectivity index (χ3n) is 0.627. The molecular weight excluding hydrogens is 116 g/mol. The molecule has 6 N–H and O–H groups in total. The zero-order valence-electron chi connectivity index (χ0n) is 5.28. The fourth-order valence-corrected chi connectivity index (χ4v) is 0.361. The number of nitrogens with one attached hydrogen (secondary N) is 2. The van der Waals surface area contributed by atoms with Crippen LogP contribution in [-0.2, 0) is 0 Å². The molecule has 0 aromatic rings. The summed E-state index contributed by atoms with van der Waals surface area (Å²) in [5.74, 6) is 0.908. The Kier molecular flexibility index (Phi) is 3.31. The lowest BCUT2D eigenvalue weighted by molar-refractivity contribution is 0.751. The summed E-state index contributed by atoms with van der Waals surface area (Å²) in [5.41, 5.74) is 10.3. The van der Waals surface area contributed by atoms with Crippen LogP contribution in [0, 0.1) is 0 Å². The molecule has 4 nitrogen and oxygen atoms in total. The molecule has 0 bridgehead atoms. The minimum absolute atomic E-state index is 0.332. The van der Waals surface area contributed by atoms with Gasteiger partial charge in [0.05, 0.1) is 18.3 Å². The Morgan fingerprint density at radius 3 is 2.33 bits per heavy atom. The highest BCUT2D eigenvalue weighted by molar-refractivity contribution is 4.98.